The molecule has 0 aromatic heterocycles. The number of carboxylic acid groups (broad SMARTS) is 1. The van der Waals surface area contributed by atoms with E-state index >= 15 is 0 Å². The Morgan fingerprint density at radius 1 is 1.12 bits per heavy atom. The predicted octanol–water partition coefficient (Wildman–Crippen LogP) is 0.709. The normalized spacial score (nSPS) is 15.3. The van der Waals surface area contributed by atoms with Crippen LogP contribution in [0.25, 0.3) is 0 Å². The van der Waals surface area contributed by atoms with E-state index in [9.17, 15) is 28.9 Å². The first-order valence-corrected chi connectivity index (χ1v) is 12.1. The third-order valence-corrected chi connectivity index (χ3v) is 5.69. The second kappa shape index (κ2) is 12.0. The molecule has 3 atom stereocenters. The number of amides is 2. The van der Waals surface area contributed by atoms with Crippen molar-refractivity contribution < 1.29 is 33.7 Å². The van der Waals surface area contributed by atoms with Crippen molar-refractivity contribution in [2.45, 2.75) is 59.7 Å². The first-order chi connectivity index (χ1) is 14.7. The fourth-order valence-corrected chi connectivity index (χ4v) is 3.91. The number of hydrogen-bond donors (Lipinski definition) is 3. The van der Waals surface area contributed by atoms with Gasteiger partial charge in [0.2, 0.25) is 5.91 Å². The van der Waals surface area contributed by atoms with Crippen LogP contribution in [0.4, 0.5) is 4.79 Å². The van der Waals surface area contributed by atoms with Gasteiger partial charge in [0.25, 0.3) is 0 Å². The molecule has 0 saturated heterocycles. The SMILES string of the molecule is CC(C)C[C@H](NP(=O)([O-])CNC(=O)OCc1ccccc1)C(=O)N[C@H](C(=O)[O-])C(C)(C)C. The van der Waals surface area contributed by atoms with Crippen molar-refractivity contribution in [3.05, 3.63) is 35.9 Å². The highest BCUT2D eigenvalue weighted by molar-refractivity contribution is 7.54. The van der Waals surface area contributed by atoms with E-state index in [2.05, 4.69) is 15.7 Å². The van der Waals surface area contributed by atoms with Crippen molar-refractivity contribution in [1.29, 1.82) is 0 Å². The topological polar surface area (TPSA) is 160 Å². The number of carbonyl (C=O) groups is 3. The van der Waals surface area contributed by atoms with Gasteiger partial charge < -0.3 is 34.7 Å². The molecule has 0 spiro atoms. The maximum absolute atomic E-state index is 12.7. The number of alkyl carbamates (subject to hydrolysis) is 1. The van der Waals surface area contributed by atoms with E-state index in [-0.39, 0.29) is 18.9 Å². The summed E-state index contributed by atoms with van der Waals surface area (Å²) in [4.78, 5) is 48.4. The van der Waals surface area contributed by atoms with Gasteiger partial charge in [-0.1, -0.05) is 65.0 Å². The molecule has 0 bridgehead atoms. The van der Waals surface area contributed by atoms with Gasteiger partial charge in [-0.05, 0) is 23.3 Å². The molecular formula is C21H32N3O7P-2. The molecule has 1 aromatic rings. The molecule has 3 N–H and O–H groups in total. The lowest BCUT2D eigenvalue weighted by atomic mass is 9.86. The molecule has 1 rings (SSSR count). The number of carbonyl (C=O) groups excluding carboxylic acids is 3. The van der Waals surface area contributed by atoms with Gasteiger partial charge in [-0.15, -0.1) is 0 Å². The molecule has 1 unspecified atom stereocenters. The van der Waals surface area contributed by atoms with Gasteiger partial charge in [0, 0.05) is 0 Å². The lowest BCUT2D eigenvalue weighted by Crippen LogP contribution is -2.58. The van der Waals surface area contributed by atoms with Crippen LogP contribution in [0, 0.1) is 11.3 Å². The summed E-state index contributed by atoms with van der Waals surface area (Å²) in [6, 6.07) is 6.32. The zero-order valence-corrected chi connectivity index (χ0v) is 19.9. The fraction of sp³-hybridized carbons (Fsp3) is 0.571. The van der Waals surface area contributed by atoms with Crippen molar-refractivity contribution in [3.8, 4) is 0 Å². The highest BCUT2D eigenvalue weighted by Crippen LogP contribution is 2.30. The number of nitrogens with one attached hydrogen (secondary N) is 3. The van der Waals surface area contributed by atoms with E-state index in [1.807, 2.05) is 6.07 Å². The van der Waals surface area contributed by atoms with Gasteiger partial charge in [0.05, 0.1) is 31.9 Å². The molecule has 0 saturated carbocycles. The predicted molar refractivity (Wildman–Crippen MR) is 115 cm³/mol. The first kappa shape index (κ1) is 27.6. The lowest BCUT2D eigenvalue weighted by molar-refractivity contribution is -0.310. The maximum atomic E-state index is 12.7. The van der Waals surface area contributed by atoms with Gasteiger partial charge in [-0.25, -0.2) is 4.79 Å². The Labute approximate surface area is 188 Å². The summed E-state index contributed by atoms with van der Waals surface area (Å²) in [7, 11) is -4.45. The van der Waals surface area contributed by atoms with E-state index in [1.54, 1.807) is 58.9 Å². The van der Waals surface area contributed by atoms with Crippen molar-refractivity contribution >= 4 is 25.5 Å². The number of benzene rings is 1. The van der Waals surface area contributed by atoms with Gasteiger partial charge in [0.15, 0.2) is 0 Å². The summed E-state index contributed by atoms with van der Waals surface area (Å²) in [6.07, 6.45) is -1.59. The molecule has 10 nitrogen and oxygen atoms in total. The summed E-state index contributed by atoms with van der Waals surface area (Å²) >= 11 is 0. The Hall–Kier alpha value is -2.42. The van der Waals surface area contributed by atoms with Crippen LogP contribution in [0.15, 0.2) is 30.3 Å². The Kier molecular flexibility index (Phi) is 10.3. The minimum absolute atomic E-state index is 0.0287. The average molecular weight is 469 g/mol. The number of carboxylic acids is 1. The van der Waals surface area contributed by atoms with Gasteiger partial charge in [0.1, 0.15) is 6.61 Å². The van der Waals surface area contributed by atoms with Crippen LogP contribution in [0.3, 0.4) is 0 Å². The molecule has 2 amide bonds. The summed E-state index contributed by atoms with van der Waals surface area (Å²) < 4.78 is 17.4. The Bertz CT molecular complexity index is 824. The van der Waals surface area contributed by atoms with Crippen LogP contribution in [0.1, 0.15) is 46.6 Å². The second-order valence-corrected chi connectivity index (χ2v) is 10.9. The van der Waals surface area contributed by atoms with Crippen molar-refractivity contribution in [1.82, 2.24) is 15.7 Å². The zero-order valence-electron chi connectivity index (χ0n) is 19.0. The first-order valence-electron chi connectivity index (χ1n) is 10.2. The fourth-order valence-electron chi connectivity index (χ4n) is 2.79. The van der Waals surface area contributed by atoms with E-state index in [0.29, 0.717) is 0 Å². The van der Waals surface area contributed by atoms with E-state index in [4.69, 9.17) is 4.74 Å². The largest absolute Gasteiger partial charge is 0.787 e. The Morgan fingerprint density at radius 2 is 1.72 bits per heavy atom. The molecule has 1 aromatic carbocycles. The Balaban J connectivity index is 2.73. The van der Waals surface area contributed by atoms with Crippen LogP contribution < -0.4 is 25.7 Å². The zero-order chi connectivity index (χ0) is 24.5. The molecule has 32 heavy (non-hydrogen) atoms. The number of aliphatic carboxylic acids is 1. The highest BCUT2D eigenvalue weighted by Gasteiger charge is 2.31. The minimum Gasteiger partial charge on any atom is -0.787 e. The smallest absolute Gasteiger partial charge is 0.407 e. The summed E-state index contributed by atoms with van der Waals surface area (Å²) in [5.41, 5.74) is -0.108. The molecule has 0 aliphatic rings. The summed E-state index contributed by atoms with van der Waals surface area (Å²) in [5.74, 6) is -2.33. The van der Waals surface area contributed by atoms with Gasteiger partial charge in [-0.3, -0.25) is 9.88 Å². The van der Waals surface area contributed by atoms with Crippen LogP contribution in [-0.4, -0.2) is 36.3 Å². The molecule has 0 radical (unpaired) electrons. The molecule has 0 aliphatic heterocycles. The maximum Gasteiger partial charge on any atom is 0.407 e. The number of ether oxygens (including phenoxy) is 1. The van der Waals surface area contributed by atoms with E-state index in [1.165, 1.54) is 0 Å². The number of hydrogen-bond acceptors (Lipinski definition) is 7. The van der Waals surface area contributed by atoms with Gasteiger partial charge >= 0.3 is 6.09 Å². The molecule has 180 valence electrons. The van der Waals surface area contributed by atoms with Crippen LogP contribution in [-0.2, 0) is 25.5 Å². The summed E-state index contributed by atoms with van der Waals surface area (Å²) in [6.45, 7) is 8.39. The van der Waals surface area contributed by atoms with Crippen LogP contribution >= 0.6 is 7.52 Å². The third kappa shape index (κ3) is 10.3. The van der Waals surface area contributed by atoms with Crippen molar-refractivity contribution in [2.75, 3.05) is 6.29 Å². The molecule has 0 fully saturated rings. The highest BCUT2D eigenvalue weighted by atomic mass is 31.2. The van der Waals surface area contributed by atoms with Crippen LogP contribution in [0.5, 0.6) is 0 Å². The average Bonchev–Trinajstić information content (AvgIpc) is 2.67. The third-order valence-electron chi connectivity index (χ3n) is 4.41. The van der Waals surface area contributed by atoms with Crippen LogP contribution in [0.2, 0.25) is 0 Å². The molecule has 11 heteroatoms. The number of rotatable bonds is 11. The molecule has 0 heterocycles. The molecule has 0 aliphatic carbocycles. The summed E-state index contributed by atoms with van der Waals surface area (Å²) in [5, 5.41) is 18.2. The minimum atomic E-state index is -4.45. The van der Waals surface area contributed by atoms with Crippen molar-refractivity contribution in [3.63, 3.8) is 0 Å². The quantitative estimate of drug-likeness (QED) is 0.400. The monoisotopic (exact) mass is 469 g/mol. The van der Waals surface area contributed by atoms with E-state index in [0.717, 1.165) is 5.56 Å². The van der Waals surface area contributed by atoms with Crippen molar-refractivity contribution in [2.24, 2.45) is 11.3 Å². The molecular weight excluding hydrogens is 437 g/mol. The Morgan fingerprint density at radius 3 is 2.22 bits per heavy atom. The standard InChI is InChI=1S/C21H34N3O7P/c1-14(2)11-16(18(25)23-17(19(26)27)21(3,4)5)24-32(29,30)13-22-20(28)31-12-15-9-7-6-8-10-15/h6-10,14,16-17H,11-13H2,1-5H3,(H,22,28)(H,23,25)(H,26,27)(H2,24,29,30)/p-2/t16-,17+/m0/s1. The lowest BCUT2D eigenvalue weighted by Gasteiger charge is -2.35. The van der Waals surface area contributed by atoms with E-state index < -0.39 is 49.3 Å². The van der Waals surface area contributed by atoms with Gasteiger partial charge in [-0.2, -0.15) is 0 Å². The second-order valence-electron chi connectivity index (χ2n) is 9.01.